The first-order valence-corrected chi connectivity index (χ1v) is 8.28. The summed E-state index contributed by atoms with van der Waals surface area (Å²) >= 11 is 1.59. The zero-order valence-corrected chi connectivity index (χ0v) is 13.4. The molecule has 118 valence electrons. The van der Waals surface area contributed by atoms with Gasteiger partial charge in [-0.15, -0.1) is 0 Å². The van der Waals surface area contributed by atoms with Gasteiger partial charge in [-0.2, -0.15) is 9.97 Å². The summed E-state index contributed by atoms with van der Waals surface area (Å²) in [5.74, 6) is 1.52. The summed E-state index contributed by atoms with van der Waals surface area (Å²) in [5.41, 5.74) is 6.53. The maximum Gasteiger partial charge on any atom is 0.224 e. The number of unbranched alkanes of at least 4 members (excludes halogenated alkanes) is 2. The number of thioether (sulfide) groups is 1. The van der Waals surface area contributed by atoms with E-state index in [4.69, 9.17) is 5.73 Å². The number of halogens is 1. The Balaban J connectivity index is 1.92. The minimum absolute atomic E-state index is 0.226. The van der Waals surface area contributed by atoms with Gasteiger partial charge in [0, 0.05) is 11.4 Å². The summed E-state index contributed by atoms with van der Waals surface area (Å²) in [7, 11) is 0. The Bertz CT molecular complexity index is 591. The van der Waals surface area contributed by atoms with Crippen molar-refractivity contribution in [1.82, 2.24) is 15.0 Å². The van der Waals surface area contributed by atoms with Crippen LogP contribution in [-0.4, -0.2) is 20.7 Å². The first kappa shape index (κ1) is 16.5. The molecule has 0 saturated heterocycles. The third kappa shape index (κ3) is 5.48. The molecule has 0 spiro atoms. The van der Waals surface area contributed by atoms with Crippen molar-refractivity contribution in [2.45, 2.75) is 37.9 Å². The Morgan fingerprint density at radius 1 is 1.14 bits per heavy atom. The van der Waals surface area contributed by atoms with Crippen LogP contribution in [0.25, 0.3) is 0 Å². The van der Waals surface area contributed by atoms with Crippen molar-refractivity contribution in [3.63, 3.8) is 0 Å². The third-order valence-electron chi connectivity index (χ3n) is 2.95. The van der Waals surface area contributed by atoms with Crippen LogP contribution in [0.5, 0.6) is 0 Å². The van der Waals surface area contributed by atoms with Gasteiger partial charge >= 0.3 is 0 Å². The molecule has 5 nitrogen and oxygen atoms in total. The molecule has 0 atom stereocenters. The number of nitrogen functional groups attached to an aromatic ring is 1. The van der Waals surface area contributed by atoms with E-state index < -0.39 is 0 Å². The number of hydrogen-bond acceptors (Lipinski definition) is 6. The molecule has 0 bridgehead atoms. The van der Waals surface area contributed by atoms with Crippen molar-refractivity contribution in [3.05, 3.63) is 35.9 Å². The third-order valence-corrected chi connectivity index (χ3v) is 3.89. The molecular weight excluding hydrogens is 301 g/mol. The van der Waals surface area contributed by atoms with Crippen LogP contribution in [-0.2, 0) is 6.54 Å². The van der Waals surface area contributed by atoms with Crippen molar-refractivity contribution in [2.75, 3.05) is 16.8 Å². The van der Waals surface area contributed by atoms with Gasteiger partial charge in [-0.3, -0.25) is 0 Å². The van der Waals surface area contributed by atoms with Gasteiger partial charge in [-0.1, -0.05) is 31.5 Å². The molecule has 2 rings (SSSR count). The van der Waals surface area contributed by atoms with Gasteiger partial charge in [0.15, 0.2) is 11.0 Å². The Kier molecular flexibility index (Phi) is 6.39. The summed E-state index contributed by atoms with van der Waals surface area (Å²) in [4.78, 5) is 12.6. The van der Waals surface area contributed by atoms with E-state index in [9.17, 15) is 4.39 Å². The van der Waals surface area contributed by atoms with Gasteiger partial charge in [0.1, 0.15) is 5.82 Å². The minimum Gasteiger partial charge on any atom is -0.378 e. The van der Waals surface area contributed by atoms with E-state index in [-0.39, 0.29) is 11.8 Å². The smallest absolute Gasteiger partial charge is 0.224 e. The summed E-state index contributed by atoms with van der Waals surface area (Å²) in [6.07, 6.45) is 3.52. The molecule has 0 radical (unpaired) electrons. The molecule has 0 aliphatic heterocycles. The molecule has 1 heterocycles. The molecule has 1 aromatic carbocycles. The van der Waals surface area contributed by atoms with Gasteiger partial charge in [0.05, 0.1) is 6.54 Å². The molecule has 22 heavy (non-hydrogen) atoms. The molecule has 0 fully saturated rings. The fourth-order valence-electron chi connectivity index (χ4n) is 1.82. The zero-order valence-electron chi connectivity index (χ0n) is 12.6. The molecule has 0 saturated carbocycles. The minimum atomic E-state index is -0.263. The molecular formula is C15H20FN5S. The average Bonchev–Trinajstić information content (AvgIpc) is 2.51. The second-order valence-electron chi connectivity index (χ2n) is 4.81. The molecule has 0 amide bonds. The van der Waals surface area contributed by atoms with Crippen molar-refractivity contribution >= 4 is 23.4 Å². The van der Waals surface area contributed by atoms with Crippen LogP contribution in [0.15, 0.2) is 29.4 Å². The highest BCUT2D eigenvalue weighted by Crippen LogP contribution is 2.16. The normalized spacial score (nSPS) is 10.6. The van der Waals surface area contributed by atoms with E-state index in [1.54, 1.807) is 23.9 Å². The van der Waals surface area contributed by atoms with Crippen LogP contribution in [0, 0.1) is 5.82 Å². The van der Waals surface area contributed by atoms with Gasteiger partial charge in [-0.05, 0) is 30.7 Å². The van der Waals surface area contributed by atoms with Crippen LogP contribution in [0.1, 0.15) is 32.0 Å². The largest absolute Gasteiger partial charge is 0.378 e. The number of anilines is 2. The van der Waals surface area contributed by atoms with Crippen molar-refractivity contribution in [3.8, 4) is 0 Å². The van der Waals surface area contributed by atoms with Crippen LogP contribution in [0.3, 0.4) is 0 Å². The average molecular weight is 321 g/mol. The lowest BCUT2D eigenvalue weighted by Crippen LogP contribution is -2.09. The fraction of sp³-hybridized carbons (Fsp3) is 0.400. The molecule has 1 aromatic heterocycles. The number of nitrogens with two attached hydrogens (primary N) is 1. The quantitative estimate of drug-likeness (QED) is 0.572. The van der Waals surface area contributed by atoms with Gasteiger partial charge in [0.25, 0.3) is 0 Å². The first-order chi connectivity index (χ1) is 10.7. The highest BCUT2D eigenvalue weighted by molar-refractivity contribution is 7.99. The van der Waals surface area contributed by atoms with Gasteiger partial charge < -0.3 is 11.1 Å². The Hall–Kier alpha value is -1.89. The van der Waals surface area contributed by atoms with E-state index >= 15 is 0 Å². The van der Waals surface area contributed by atoms with Crippen molar-refractivity contribution in [1.29, 1.82) is 0 Å². The predicted octanol–water partition coefficient (Wildman–Crippen LogP) is 3.49. The Morgan fingerprint density at radius 2 is 1.91 bits per heavy atom. The lowest BCUT2D eigenvalue weighted by Gasteiger charge is -2.07. The first-order valence-electron chi connectivity index (χ1n) is 7.30. The van der Waals surface area contributed by atoms with E-state index in [2.05, 4.69) is 27.2 Å². The maximum absolute atomic E-state index is 12.8. The van der Waals surface area contributed by atoms with E-state index in [1.165, 1.54) is 25.0 Å². The van der Waals surface area contributed by atoms with Crippen molar-refractivity contribution in [2.24, 2.45) is 0 Å². The van der Waals surface area contributed by atoms with E-state index in [0.717, 1.165) is 17.9 Å². The van der Waals surface area contributed by atoms with E-state index in [0.29, 0.717) is 17.5 Å². The number of benzene rings is 1. The molecule has 7 heteroatoms. The lowest BCUT2D eigenvalue weighted by molar-refractivity contribution is 0.628. The predicted molar refractivity (Wildman–Crippen MR) is 88.2 cm³/mol. The number of nitrogens with one attached hydrogen (secondary N) is 1. The number of aromatic nitrogens is 3. The Morgan fingerprint density at radius 3 is 2.64 bits per heavy atom. The SMILES string of the molecule is CCCCCSc1nc(N)nc(CNc2ccc(F)cc2)n1. The molecule has 0 unspecified atom stereocenters. The molecule has 3 N–H and O–H groups in total. The fourth-order valence-corrected chi connectivity index (χ4v) is 2.68. The monoisotopic (exact) mass is 321 g/mol. The Labute approximate surface area is 134 Å². The summed E-state index contributed by atoms with van der Waals surface area (Å²) in [6.45, 7) is 2.59. The topological polar surface area (TPSA) is 76.7 Å². The van der Waals surface area contributed by atoms with Crippen LogP contribution in [0.4, 0.5) is 16.0 Å². The molecule has 0 aliphatic carbocycles. The van der Waals surface area contributed by atoms with Crippen molar-refractivity contribution < 1.29 is 4.39 Å². The highest BCUT2D eigenvalue weighted by atomic mass is 32.2. The standard InChI is InChI=1S/C15H20FN5S/c1-2-3-4-9-22-15-20-13(19-14(17)21-15)10-18-12-7-5-11(16)6-8-12/h5-8,18H,2-4,9-10H2,1H3,(H2,17,19,20,21). The molecule has 2 aromatic rings. The summed E-state index contributed by atoms with van der Waals surface area (Å²) in [6, 6.07) is 6.14. The number of hydrogen-bond donors (Lipinski definition) is 2. The zero-order chi connectivity index (χ0) is 15.8. The second kappa shape index (κ2) is 8.53. The summed E-state index contributed by atoms with van der Waals surface area (Å²) < 4.78 is 12.8. The highest BCUT2D eigenvalue weighted by Gasteiger charge is 2.05. The van der Waals surface area contributed by atoms with Gasteiger partial charge in [0.2, 0.25) is 5.95 Å². The van der Waals surface area contributed by atoms with Crippen LogP contribution in [0.2, 0.25) is 0 Å². The maximum atomic E-state index is 12.8. The van der Waals surface area contributed by atoms with Crippen LogP contribution >= 0.6 is 11.8 Å². The van der Waals surface area contributed by atoms with Gasteiger partial charge in [-0.25, -0.2) is 9.37 Å². The van der Waals surface area contributed by atoms with Crippen LogP contribution < -0.4 is 11.1 Å². The number of rotatable bonds is 8. The number of nitrogens with zero attached hydrogens (tertiary/aromatic N) is 3. The summed E-state index contributed by atoms with van der Waals surface area (Å²) in [5, 5.41) is 3.79. The molecule has 0 aliphatic rings. The lowest BCUT2D eigenvalue weighted by atomic mass is 10.3. The van der Waals surface area contributed by atoms with E-state index in [1.807, 2.05) is 0 Å². The second-order valence-corrected chi connectivity index (χ2v) is 5.87.